The minimum absolute atomic E-state index is 0.0336. The fourth-order valence-electron chi connectivity index (χ4n) is 4.37. The van der Waals surface area contributed by atoms with Gasteiger partial charge in [0.2, 0.25) is 5.91 Å². The van der Waals surface area contributed by atoms with E-state index in [0.717, 1.165) is 19.3 Å². The summed E-state index contributed by atoms with van der Waals surface area (Å²) >= 11 is 5.75. The third-order valence-corrected chi connectivity index (χ3v) is 6.95. The van der Waals surface area contributed by atoms with Crippen molar-refractivity contribution in [2.45, 2.75) is 103 Å². The van der Waals surface area contributed by atoms with Crippen LogP contribution in [0.25, 0.3) is 0 Å². The second-order valence-electron chi connectivity index (χ2n) is 10.5. The number of ether oxygens (including phenoxy) is 2. The fraction of sp³-hybridized carbons (Fsp3) is 0.654. The molecule has 1 aromatic heterocycles. The van der Waals surface area contributed by atoms with Crippen LogP contribution in [0.4, 0.5) is 0 Å². The van der Waals surface area contributed by atoms with Crippen molar-refractivity contribution in [1.82, 2.24) is 19.7 Å². The number of unbranched alkanes of at least 4 members (excludes halogenated alkanes) is 2. The Kier molecular flexibility index (Phi) is 9.87. The van der Waals surface area contributed by atoms with E-state index in [9.17, 15) is 20.1 Å². The molecule has 4 N–H and O–H groups in total. The summed E-state index contributed by atoms with van der Waals surface area (Å²) in [5.74, 6) is 0.841. The molecule has 1 saturated heterocycles. The summed E-state index contributed by atoms with van der Waals surface area (Å²) in [6, 6.07) is 6.90. The molecule has 2 aromatic rings. The molecule has 10 nitrogen and oxygen atoms in total. The van der Waals surface area contributed by atoms with E-state index >= 15 is 0 Å². The Balaban J connectivity index is 1.93. The van der Waals surface area contributed by atoms with Gasteiger partial charge in [0.15, 0.2) is 16.8 Å². The molecule has 0 bridgehead atoms. The van der Waals surface area contributed by atoms with Gasteiger partial charge >= 0.3 is 0 Å². The van der Waals surface area contributed by atoms with E-state index in [1.807, 2.05) is 28.8 Å². The number of carbonyl (C=O) groups is 1. The lowest BCUT2D eigenvalue weighted by Gasteiger charge is -2.42. The third-order valence-electron chi connectivity index (χ3n) is 6.55. The number of aromatic nitrogens is 3. The van der Waals surface area contributed by atoms with Crippen molar-refractivity contribution < 1.29 is 29.6 Å². The predicted molar refractivity (Wildman–Crippen MR) is 141 cm³/mol. The molecule has 3 rings (SSSR count). The van der Waals surface area contributed by atoms with E-state index in [1.54, 1.807) is 0 Å². The number of nitrogens with zero attached hydrogens (tertiary/aromatic N) is 3. The lowest BCUT2D eigenvalue weighted by Crippen LogP contribution is -2.62. The van der Waals surface area contributed by atoms with Crippen LogP contribution in [0.15, 0.2) is 24.3 Å². The predicted octanol–water partition coefficient (Wildman–Crippen LogP) is 2.60. The molecule has 1 amide bonds. The Morgan fingerprint density at radius 1 is 1.19 bits per heavy atom. The van der Waals surface area contributed by atoms with Gasteiger partial charge in [0, 0.05) is 13.5 Å². The van der Waals surface area contributed by atoms with Crippen molar-refractivity contribution in [3.8, 4) is 5.75 Å². The van der Waals surface area contributed by atoms with Crippen LogP contribution in [0, 0.1) is 4.77 Å². The highest BCUT2D eigenvalue weighted by Crippen LogP contribution is 2.29. The van der Waals surface area contributed by atoms with Crippen LogP contribution in [0.2, 0.25) is 0 Å². The Morgan fingerprint density at radius 2 is 1.86 bits per heavy atom. The monoisotopic (exact) mass is 536 g/mol. The van der Waals surface area contributed by atoms with Gasteiger partial charge in [-0.05, 0) is 41.7 Å². The van der Waals surface area contributed by atoms with Gasteiger partial charge in [-0.3, -0.25) is 4.79 Å². The lowest BCUT2D eigenvalue weighted by molar-refractivity contribution is -0.219. The van der Waals surface area contributed by atoms with E-state index in [1.165, 1.54) is 17.2 Å². The highest BCUT2D eigenvalue weighted by Gasteiger charge is 2.46. The second-order valence-corrected chi connectivity index (χ2v) is 10.9. The maximum absolute atomic E-state index is 11.9. The average molecular weight is 537 g/mol. The lowest BCUT2D eigenvalue weighted by atomic mass is 9.87. The first kappa shape index (κ1) is 29.2. The van der Waals surface area contributed by atoms with Gasteiger partial charge in [-0.2, -0.15) is 5.10 Å². The van der Waals surface area contributed by atoms with E-state index in [2.05, 4.69) is 38.1 Å². The zero-order valence-electron chi connectivity index (χ0n) is 22.3. The first-order valence-corrected chi connectivity index (χ1v) is 13.2. The molecule has 0 unspecified atom stereocenters. The molecular formula is C26H40N4O6S. The maximum atomic E-state index is 11.9. The van der Waals surface area contributed by atoms with Crippen LogP contribution < -0.4 is 10.1 Å². The molecule has 1 aliphatic rings. The van der Waals surface area contributed by atoms with E-state index in [4.69, 9.17) is 21.7 Å². The third kappa shape index (κ3) is 6.97. The summed E-state index contributed by atoms with van der Waals surface area (Å²) < 4.78 is 15.6. The fourth-order valence-corrected chi connectivity index (χ4v) is 4.71. The zero-order valence-corrected chi connectivity index (χ0v) is 23.1. The molecule has 0 saturated carbocycles. The summed E-state index contributed by atoms with van der Waals surface area (Å²) in [4.78, 5) is 11.9. The standard InChI is InChI=1S/C26H40N4O6S/c1-6-7-8-13-29-20(15-35-18-11-9-17(10-12-18)26(3,4)5)28-30(25(29)37)24-21(27-16(2)32)23(34)22(33)19(14-31)36-24/h9-12,19,21-24,31,33-34H,6-8,13-15H2,1-5H3,(H,27,32)/t19-,21-,22-,23-,24-/m1/s1. The maximum Gasteiger partial charge on any atom is 0.217 e. The number of amides is 1. The topological polar surface area (TPSA) is 131 Å². The van der Waals surface area contributed by atoms with E-state index in [-0.39, 0.29) is 12.0 Å². The Labute approximate surface area is 223 Å². The van der Waals surface area contributed by atoms with Crippen LogP contribution >= 0.6 is 12.2 Å². The first-order valence-electron chi connectivity index (χ1n) is 12.8. The number of hydrogen-bond donors (Lipinski definition) is 4. The molecule has 0 radical (unpaired) electrons. The summed E-state index contributed by atoms with van der Waals surface area (Å²) in [5.41, 5.74) is 1.23. The molecule has 11 heteroatoms. The first-order chi connectivity index (χ1) is 17.5. The molecule has 1 fully saturated rings. The van der Waals surface area contributed by atoms with Crippen LogP contribution in [0.5, 0.6) is 5.75 Å². The largest absolute Gasteiger partial charge is 0.486 e. The van der Waals surface area contributed by atoms with Gasteiger partial charge < -0.3 is 34.7 Å². The average Bonchev–Trinajstić information content (AvgIpc) is 3.15. The molecule has 5 atom stereocenters. The highest BCUT2D eigenvalue weighted by atomic mass is 32.1. The van der Waals surface area contributed by atoms with Crippen LogP contribution in [0.3, 0.4) is 0 Å². The molecule has 37 heavy (non-hydrogen) atoms. The number of aliphatic hydroxyl groups excluding tert-OH is 3. The van der Waals surface area contributed by atoms with Crippen LogP contribution in [-0.4, -0.2) is 66.5 Å². The van der Waals surface area contributed by atoms with Gasteiger partial charge in [0.05, 0.1) is 6.61 Å². The van der Waals surface area contributed by atoms with E-state index < -0.39 is 43.1 Å². The van der Waals surface area contributed by atoms with Crippen molar-refractivity contribution in [1.29, 1.82) is 0 Å². The van der Waals surface area contributed by atoms with Gasteiger partial charge in [-0.25, -0.2) is 4.68 Å². The van der Waals surface area contributed by atoms with Gasteiger partial charge in [-0.15, -0.1) is 0 Å². The minimum atomic E-state index is -1.40. The summed E-state index contributed by atoms with van der Waals surface area (Å²) in [5, 5.41) is 38.1. The number of benzene rings is 1. The van der Waals surface area contributed by atoms with Crippen molar-refractivity contribution in [2.24, 2.45) is 0 Å². The Bertz CT molecular complexity index is 1090. The molecular weight excluding hydrogens is 496 g/mol. The van der Waals surface area contributed by atoms with Gasteiger partial charge in [0.1, 0.15) is 36.7 Å². The van der Waals surface area contributed by atoms with Crippen molar-refractivity contribution in [3.05, 3.63) is 40.4 Å². The second kappa shape index (κ2) is 12.5. The number of aliphatic hydroxyl groups is 3. The summed E-state index contributed by atoms with van der Waals surface area (Å²) in [6.45, 7) is 10.1. The Hall–Kier alpha value is -2.31. The normalized spacial score (nSPS) is 24.2. The Morgan fingerprint density at radius 3 is 2.43 bits per heavy atom. The smallest absolute Gasteiger partial charge is 0.217 e. The summed E-state index contributed by atoms with van der Waals surface area (Å²) in [7, 11) is 0. The number of rotatable bonds is 10. The van der Waals surface area contributed by atoms with Crippen molar-refractivity contribution in [3.63, 3.8) is 0 Å². The number of carbonyl (C=O) groups excluding carboxylic acids is 1. The van der Waals surface area contributed by atoms with Gasteiger partial charge in [-0.1, -0.05) is 52.7 Å². The highest BCUT2D eigenvalue weighted by molar-refractivity contribution is 7.71. The van der Waals surface area contributed by atoms with Gasteiger partial charge in [0.25, 0.3) is 0 Å². The molecule has 206 valence electrons. The minimum Gasteiger partial charge on any atom is -0.486 e. The quantitative estimate of drug-likeness (QED) is 0.269. The molecule has 1 aromatic carbocycles. The summed E-state index contributed by atoms with van der Waals surface area (Å²) in [6.07, 6.45) is -1.97. The SMILES string of the molecule is CCCCCn1c(COc2ccc(C(C)(C)C)cc2)nn([C@@H]2O[C@H](CO)[C@@H](O)[C@H](O)[C@H]2NC(C)=O)c1=S. The molecule has 0 spiro atoms. The van der Waals surface area contributed by atoms with Crippen molar-refractivity contribution in [2.75, 3.05) is 6.61 Å². The molecule has 2 heterocycles. The molecule has 1 aliphatic heterocycles. The van der Waals surface area contributed by atoms with Crippen LogP contribution in [-0.2, 0) is 28.1 Å². The number of nitrogens with one attached hydrogen (secondary N) is 1. The van der Waals surface area contributed by atoms with Crippen molar-refractivity contribution >= 4 is 18.1 Å². The molecule has 0 aliphatic carbocycles. The zero-order chi connectivity index (χ0) is 27.3. The number of hydrogen-bond acceptors (Lipinski definition) is 8. The van der Waals surface area contributed by atoms with Crippen LogP contribution in [0.1, 0.15) is 71.5 Å². The van der Waals surface area contributed by atoms with E-state index in [0.29, 0.717) is 22.9 Å².